The fourth-order valence-corrected chi connectivity index (χ4v) is 3.11. The summed E-state index contributed by atoms with van der Waals surface area (Å²) in [5, 5.41) is 13.4. The van der Waals surface area contributed by atoms with Crippen LogP contribution in [0.2, 0.25) is 0 Å². The summed E-state index contributed by atoms with van der Waals surface area (Å²) in [6.07, 6.45) is 0. The van der Waals surface area contributed by atoms with Gasteiger partial charge in [-0.2, -0.15) is 0 Å². The van der Waals surface area contributed by atoms with E-state index >= 15 is 0 Å². The van der Waals surface area contributed by atoms with E-state index in [0.29, 0.717) is 39.6 Å². The predicted molar refractivity (Wildman–Crippen MR) is 90.4 cm³/mol. The fourth-order valence-electron chi connectivity index (χ4n) is 3.11. The molecule has 2 aromatic heterocycles. The van der Waals surface area contributed by atoms with E-state index in [1.165, 1.54) is 6.92 Å². The van der Waals surface area contributed by atoms with Crippen LogP contribution >= 0.6 is 0 Å². The number of hydrogen-bond donors (Lipinski definition) is 3. The Morgan fingerprint density at radius 3 is 2.38 bits per heavy atom. The van der Waals surface area contributed by atoms with Gasteiger partial charge in [0.15, 0.2) is 5.78 Å². The van der Waals surface area contributed by atoms with E-state index < -0.39 is 5.60 Å². The second kappa shape index (κ2) is 6.28. The minimum atomic E-state index is -1.25. The second-order valence-corrected chi connectivity index (χ2v) is 6.46. The number of aromatic nitrogens is 1. The number of amides is 1. The predicted octanol–water partition coefficient (Wildman–Crippen LogP) is 2.68. The van der Waals surface area contributed by atoms with Gasteiger partial charge in [-0.25, -0.2) is 0 Å². The molecule has 0 saturated heterocycles. The Morgan fingerprint density at radius 2 is 1.92 bits per heavy atom. The maximum Gasteiger partial charge on any atom is 0.268 e. The van der Waals surface area contributed by atoms with E-state index in [9.17, 15) is 14.7 Å². The van der Waals surface area contributed by atoms with Crippen molar-refractivity contribution in [2.24, 2.45) is 0 Å². The molecular weight excluding hydrogens is 308 g/mol. The minimum Gasteiger partial charge on any atom is -0.466 e. The average molecular weight is 332 g/mol. The molecule has 0 fully saturated rings. The Labute approximate surface area is 141 Å². The van der Waals surface area contributed by atoms with E-state index in [1.807, 2.05) is 0 Å². The third-order valence-corrected chi connectivity index (χ3v) is 4.23. The van der Waals surface area contributed by atoms with Crippen LogP contribution in [0.5, 0.6) is 0 Å². The number of hydrogen-bond acceptors (Lipinski definition) is 4. The normalized spacial score (nSPS) is 13.6. The van der Waals surface area contributed by atoms with Gasteiger partial charge in [0.2, 0.25) is 0 Å². The summed E-state index contributed by atoms with van der Waals surface area (Å²) in [5.74, 6) is 0.881. The number of carbonyl (C=O) groups excluding carboxylic acids is 2. The maximum absolute atomic E-state index is 12.4. The number of aliphatic hydroxyl groups is 1. The lowest BCUT2D eigenvalue weighted by molar-refractivity contribution is 0.0512. The van der Waals surface area contributed by atoms with Crippen molar-refractivity contribution in [2.45, 2.75) is 47.1 Å². The van der Waals surface area contributed by atoms with Crippen LogP contribution in [0.4, 0.5) is 0 Å². The molecule has 0 aliphatic rings. The lowest BCUT2D eigenvalue weighted by Crippen LogP contribution is -2.39. The fraction of sp³-hybridized carbons (Fsp3) is 0.444. The molecule has 1 atom stereocenters. The summed E-state index contributed by atoms with van der Waals surface area (Å²) in [6.45, 7) is 10.2. The summed E-state index contributed by atoms with van der Waals surface area (Å²) < 4.78 is 5.44. The number of Topliss-reactive ketones (excluding diaryl/α,β-unsaturated/α-hetero) is 1. The molecule has 2 heterocycles. The lowest BCUT2D eigenvalue weighted by Gasteiger charge is -2.23. The van der Waals surface area contributed by atoms with Gasteiger partial charge >= 0.3 is 0 Å². The van der Waals surface area contributed by atoms with Crippen molar-refractivity contribution >= 4 is 11.7 Å². The Balaban J connectivity index is 2.18. The van der Waals surface area contributed by atoms with Crippen molar-refractivity contribution in [3.05, 3.63) is 45.7 Å². The summed E-state index contributed by atoms with van der Waals surface area (Å²) in [7, 11) is 0. The summed E-state index contributed by atoms with van der Waals surface area (Å²) in [6, 6.07) is 1.76. The number of aromatic amines is 1. The van der Waals surface area contributed by atoms with Crippen molar-refractivity contribution in [3.8, 4) is 0 Å². The van der Waals surface area contributed by atoms with Crippen molar-refractivity contribution in [1.82, 2.24) is 10.3 Å². The highest BCUT2D eigenvalue weighted by molar-refractivity contribution is 6.02. The van der Waals surface area contributed by atoms with E-state index in [-0.39, 0.29) is 18.2 Å². The third-order valence-electron chi connectivity index (χ3n) is 4.23. The molecule has 2 rings (SSSR count). The van der Waals surface area contributed by atoms with Crippen LogP contribution < -0.4 is 5.32 Å². The zero-order valence-electron chi connectivity index (χ0n) is 15.0. The van der Waals surface area contributed by atoms with Gasteiger partial charge in [-0.3, -0.25) is 9.59 Å². The second-order valence-electron chi connectivity index (χ2n) is 6.46. The molecule has 0 aromatic carbocycles. The van der Waals surface area contributed by atoms with Gasteiger partial charge in [0.1, 0.15) is 22.8 Å². The zero-order chi connectivity index (χ0) is 18.2. The molecule has 6 nitrogen and oxygen atoms in total. The Bertz CT molecular complexity index is 796. The first-order valence-electron chi connectivity index (χ1n) is 7.82. The smallest absolute Gasteiger partial charge is 0.268 e. The summed E-state index contributed by atoms with van der Waals surface area (Å²) in [4.78, 5) is 27.0. The monoisotopic (exact) mass is 332 g/mol. The van der Waals surface area contributed by atoms with Gasteiger partial charge in [0, 0.05) is 16.8 Å². The first-order chi connectivity index (χ1) is 11.0. The van der Waals surface area contributed by atoms with Crippen molar-refractivity contribution in [3.63, 3.8) is 0 Å². The molecule has 0 radical (unpaired) electrons. The molecular formula is C18H24N2O4. The molecule has 0 spiro atoms. The van der Waals surface area contributed by atoms with Gasteiger partial charge in [0.05, 0.1) is 6.54 Å². The van der Waals surface area contributed by atoms with Crippen LogP contribution in [0.15, 0.2) is 10.5 Å². The Morgan fingerprint density at radius 1 is 1.29 bits per heavy atom. The van der Waals surface area contributed by atoms with Crippen LogP contribution in [0.1, 0.15) is 63.0 Å². The average Bonchev–Trinajstić information content (AvgIpc) is 2.95. The summed E-state index contributed by atoms with van der Waals surface area (Å²) >= 11 is 0. The van der Waals surface area contributed by atoms with Crippen LogP contribution in [0, 0.1) is 27.7 Å². The van der Waals surface area contributed by atoms with E-state index in [1.54, 1.807) is 40.7 Å². The molecule has 6 heteroatoms. The van der Waals surface area contributed by atoms with Gasteiger partial charge < -0.3 is 19.8 Å². The van der Waals surface area contributed by atoms with Crippen molar-refractivity contribution in [1.29, 1.82) is 0 Å². The molecule has 0 saturated carbocycles. The molecule has 0 aliphatic heterocycles. The molecule has 0 aliphatic carbocycles. The van der Waals surface area contributed by atoms with Crippen LogP contribution in [0.25, 0.3) is 0 Å². The number of H-pyrrole nitrogens is 1. The summed E-state index contributed by atoms with van der Waals surface area (Å²) in [5.41, 5.74) is 1.55. The minimum absolute atomic E-state index is 0.0263. The molecule has 24 heavy (non-hydrogen) atoms. The SMILES string of the molecule is CC(=O)c1c(C)[nH]c(C(=O)NCC(C)(O)c2cc(C)oc2C)c1C. The number of nitrogens with one attached hydrogen (secondary N) is 2. The molecule has 130 valence electrons. The van der Waals surface area contributed by atoms with Crippen molar-refractivity contribution < 1.29 is 19.1 Å². The highest BCUT2D eigenvalue weighted by Crippen LogP contribution is 2.26. The Kier molecular flexibility index (Phi) is 4.71. The number of carbonyl (C=O) groups is 2. The number of furan rings is 1. The maximum atomic E-state index is 12.4. The van der Waals surface area contributed by atoms with Crippen molar-refractivity contribution in [2.75, 3.05) is 6.54 Å². The molecule has 0 bridgehead atoms. The molecule has 3 N–H and O–H groups in total. The highest BCUT2D eigenvalue weighted by Gasteiger charge is 2.29. The van der Waals surface area contributed by atoms with E-state index in [0.717, 1.165) is 0 Å². The zero-order valence-corrected chi connectivity index (χ0v) is 15.0. The van der Waals surface area contributed by atoms with Crippen LogP contribution in [-0.4, -0.2) is 28.3 Å². The largest absolute Gasteiger partial charge is 0.466 e. The molecule has 1 amide bonds. The van der Waals surface area contributed by atoms with Gasteiger partial charge in [0.25, 0.3) is 5.91 Å². The lowest BCUT2D eigenvalue weighted by atomic mass is 9.96. The van der Waals surface area contributed by atoms with Crippen LogP contribution in [0.3, 0.4) is 0 Å². The first kappa shape index (κ1) is 18.0. The van der Waals surface area contributed by atoms with Gasteiger partial charge in [-0.15, -0.1) is 0 Å². The van der Waals surface area contributed by atoms with Gasteiger partial charge in [-0.05, 0) is 53.2 Å². The topological polar surface area (TPSA) is 95.3 Å². The number of rotatable bonds is 5. The first-order valence-corrected chi connectivity index (χ1v) is 7.82. The highest BCUT2D eigenvalue weighted by atomic mass is 16.3. The van der Waals surface area contributed by atoms with E-state index in [4.69, 9.17) is 4.42 Å². The molecule has 1 unspecified atom stereocenters. The van der Waals surface area contributed by atoms with E-state index in [2.05, 4.69) is 10.3 Å². The third kappa shape index (κ3) is 3.28. The number of aryl methyl sites for hydroxylation is 3. The van der Waals surface area contributed by atoms with Crippen LogP contribution in [-0.2, 0) is 5.60 Å². The number of ketones is 1. The molecule has 2 aromatic rings. The quantitative estimate of drug-likeness (QED) is 0.734. The Hall–Kier alpha value is -2.34. The standard InChI is InChI=1S/C18H24N2O4/c1-9-7-14(13(5)24-9)18(6,23)8-19-17(22)16-10(2)15(12(4)21)11(3)20-16/h7,20,23H,8H2,1-6H3,(H,19,22). The van der Waals surface area contributed by atoms with Gasteiger partial charge in [-0.1, -0.05) is 0 Å².